The van der Waals surface area contributed by atoms with E-state index in [9.17, 15) is 13.2 Å². The lowest BCUT2D eigenvalue weighted by molar-refractivity contribution is 0.0791. The minimum atomic E-state index is -3.62. The highest BCUT2D eigenvalue weighted by Gasteiger charge is 2.30. The molecule has 1 amide bonds. The van der Waals surface area contributed by atoms with Gasteiger partial charge in [0.05, 0.1) is 0 Å². The smallest absolute Gasteiger partial charge is 0.289 e. The number of furan rings is 1. The maximum atomic E-state index is 11.8. The third kappa shape index (κ3) is 2.67. The van der Waals surface area contributed by atoms with Gasteiger partial charge in [-0.15, -0.1) is 0 Å². The zero-order valence-electron chi connectivity index (χ0n) is 9.63. The van der Waals surface area contributed by atoms with Gasteiger partial charge in [0.1, 0.15) is 0 Å². The highest BCUT2D eigenvalue weighted by molar-refractivity contribution is 7.89. The van der Waals surface area contributed by atoms with Crippen LogP contribution in [0.25, 0.3) is 0 Å². The molecule has 1 aliphatic carbocycles. The first-order chi connectivity index (χ1) is 7.90. The van der Waals surface area contributed by atoms with E-state index in [4.69, 9.17) is 4.42 Å². The van der Waals surface area contributed by atoms with Gasteiger partial charge >= 0.3 is 0 Å². The van der Waals surface area contributed by atoms with Gasteiger partial charge in [0, 0.05) is 20.1 Å². The van der Waals surface area contributed by atoms with Gasteiger partial charge in [0.15, 0.2) is 5.76 Å². The average Bonchev–Trinajstić information content (AvgIpc) is 2.89. The molecule has 1 heterocycles. The van der Waals surface area contributed by atoms with Crippen molar-refractivity contribution in [3.05, 3.63) is 17.9 Å². The maximum absolute atomic E-state index is 11.8. The first kappa shape index (κ1) is 12.1. The predicted molar refractivity (Wildman–Crippen MR) is 60.1 cm³/mol. The van der Waals surface area contributed by atoms with Crippen LogP contribution < -0.4 is 4.72 Å². The lowest BCUT2D eigenvalue weighted by Crippen LogP contribution is -2.25. The van der Waals surface area contributed by atoms with E-state index in [-0.39, 0.29) is 22.8 Å². The summed E-state index contributed by atoms with van der Waals surface area (Å²) in [6.07, 6.45) is 1.70. The van der Waals surface area contributed by atoms with Gasteiger partial charge in [-0.25, -0.2) is 13.1 Å². The molecule has 1 aromatic rings. The van der Waals surface area contributed by atoms with Gasteiger partial charge in [-0.3, -0.25) is 4.79 Å². The van der Waals surface area contributed by atoms with Gasteiger partial charge in [0.2, 0.25) is 5.09 Å². The molecule has 1 N–H and O–H groups in total. The molecule has 1 aliphatic rings. The van der Waals surface area contributed by atoms with Crippen molar-refractivity contribution in [3.63, 3.8) is 0 Å². The van der Waals surface area contributed by atoms with E-state index >= 15 is 0 Å². The zero-order valence-corrected chi connectivity index (χ0v) is 10.5. The second kappa shape index (κ2) is 4.15. The molecule has 6 nitrogen and oxygen atoms in total. The van der Waals surface area contributed by atoms with Gasteiger partial charge in [-0.05, 0) is 25.0 Å². The molecule has 1 fully saturated rings. The Morgan fingerprint density at radius 2 is 2.06 bits per heavy atom. The van der Waals surface area contributed by atoms with Crippen LogP contribution in [-0.2, 0) is 10.0 Å². The van der Waals surface area contributed by atoms with Crippen molar-refractivity contribution in [2.45, 2.75) is 24.0 Å². The van der Waals surface area contributed by atoms with Crippen molar-refractivity contribution in [2.75, 3.05) is 14.1 Å². The Morgan fingerprint density at radius 3 is 2.59 bits per heavy atom. The topological polar surface area (TPSA) is 79.6 Å². The monoisotopic (exact) mass is 258 g/mol. The number of amides is 1. The average molecular weight is 258 g/mol. The molecule has 1 aromatic heterocycles. The summed E-state index contributed by atoms with van der Waals surface area (Å²) in [6, 6.07) is 2.67. The Bertz CT molecular complexity index is 528. The van der Waals surface area contributed by atoms with Crippen LogP contribution in [0.4, 0.5) is 0 Å². The highest BCUT2D eigenvalue weighted by atomic mass is 32.2. The molecule has 0 aliphatic heterocycles. The molecule has 0 bridgehead atoms. The first-order valence-electron chi connectivity index (χ1n) is 5.24. The molecule has 0 unspecified atom stereocenters. The first-order valence-corrected chi connectivity index (χ1v) is 6.72. The second-order valence-electron chi connectivity index (χ2n) is 4.21. The Hall–Kier alpha value is -1.34. The number of sulfonamides is 1. The molecule has 0 saturated heterocycles. The SMILES string of the molecule is CN(C)C(=O)c1ccc(S(=O)(=O)NC2CC2)o1. The van der Waals surface area contributed by atoms with Crippen LogP contribution in [-0.4, -0.2) is 39.4 Å². The predicted octanol–water partition coefficient (Wildman–Crippen LogP) is 0.422. The van der Waals surface area contributed by atoms with Crippen LogP contribution in [0.3, 0.4) is 0 Å². The lowest BCUT2D eigenvalue weighted by Gasteiger charge is -2.06. The molecule has 17 heavy (non-hydrogen) atoms. The zero-order chi connectivity index (χ0) is 12.6. The number of carbonyl (C=O) groups is 1. The Kier molecular flexibility index (Phi) is 2.96. The molecule has 0 aromatic carbocycles. The molecule has 94 valence electrons. The quantitative estimate of drug-likeness (QED) is 0.849. The number of rotatable bonds is 4. The van der Waals surface area contributed by atoms with Crippen molar-refractivity contribution in [2.24, 2.45) is 0 Å². The number of hydrogen-bond donors (Lipinski definition) is 1. The second-order valence-corrected chi connectivity index (χ2v) is 5.86. The molecule has 0 radical (unpaired) electrons. The van der Waals surface area contributed by atoms with Gasteiger partial charge in [-0.2, -0.15) is 0 Å². The van der Waals surface area contributed by atoms with Gasteiger partial charge in [-0.1, -0.05) is 0 Å². The van der Waals surface area contributed by atoms with Crippen LogP contribution >= 0.6 is 0 Å². The van der Waals surface area contributed by atoms with Crippen LogP contribution in [0, 0.1) is 0 Å². The molecule has 7 heteroatoms. The molecule has 1 saturated carbocycles. The largest absolute Gasteiger partial charge is 0.438 e. The summed E-state index contributed by atoms with van der Waals surface area (Å²) in [4.78, 5) is 12.9. The fraction of sp³-hybridized carbons (Fsp3) is 0.500. The third-order valence-electron chi connectivity index (χ3n) is 2.36. The molecule has 2 rings (SSSR count). The highest BCUT2D eigenvalue weighted by Crippen LogP contribution is 2.23. The standard InChI is InChI=1S/C10H14N2O4S/c1-12(2)10(13)8-5-6-9(16-8)17(14,15)11-7-3-4-7/h5-7,11H,3-4H2,1-2H3. The summed E-state index contributed by atoms with van der Waals surface area (Å²) in [7, 11) is -0.481. The van der Waals surface area contributed by atoms with Crippen molar-refractivity contribution >= 4 is 15.9 Å². The van der Waals surface area contributed by atoms with E-state index in [1.807, 2.05) is 0 Å². The van der Waals surface area contributed by atoms with E-state index < -0.39 is 10.0 Å². The van der Waals surface area contributed by atoms with Crippen LogP contribution in [0.1, 0.15) is 23.4 Å². The molecule has 0 atom stereocenters. The summed E-state index contributed by atoms with van der Waals surface area (Å²) in [6.45, 7) is 0. The van der Waals surface area contributed by atoms with E-state index in [1.165, 1.54) is 17.0 Å². The number of nitrogens with zero attached hydrogens (tertiary/aromatic N) is 1. The summed E-state index contributed by atoms with van der Waals surface area (Å²) in [5, 5.41) is -0.213. The Balaban J connectivity index is 2.20. The van der Waals surface area contributed by atoms with E-state index in [0.717, 1.165) is 12.8 Å². The normalized spacial score (nSPS) is 15.9. The van der Waals surface area contributed by atoms with E-state index in [0.29, 0.717) is 0 Å². The van der Waals surface area contributed by atoms with Crippen molar-refractivity contribution in [3.8, 4) is 0 Å². The minimum absolute atomic E-state index is 0.0121. The minimum Gasteiger partial charge on any atom is -0.438 e. The lowest BCUT2D eigenvalue weighted by atomic mass is 10.4. The molecular weight excluding hydrogens is 244 g/mol. The number of hydrogen-bond acceptors (Lipinski definition) is 4. The van der Waals surface area contributed by atoms with Crippen molar-refractivity contribution in [1.29, 1.82) is 0 Å². The molecular formula is C10H14N2O4S. The fourth-order valence-corrected chi connectivity index (χ4v) is 2.52. The summed E-state index contributed by atoms with van der Waals surface area (Å²) in [5.74, 6) is -0.343. The Morgan fingerprint density at radius 1 is 1.41 bits per heavy atom. The third-order valence-corrected chi connectivity index (χ3v) is 3.76. The molecule has 0 spiro atoms. The van der Waals surface area contributed by atoms with Crippen molar-refractivity contribution < 1.29 is 17.6 Å². The van der Waals surface area contributed by atoms with E-state index in [2.05, 4.69) is 4.72 Å². The van der Waals surface area contributed by atoms with Crippen molar-refractivity contribution in [1.82, 2.24) is 9.62 Å². The Labute approximate surface area is 99.6 Å². The van der Waals surface area contributed by atoms with Crippen LogP contribution in [0.5, 0.6) is 0 Å². The maximum Gasteiger partial charge on any atom is 0.289 e. The van der Waals surface area contributed by atoms with Crippen LogP contribution in [0.2, 0.25) is 0 Å². The number of nitrogens with one attached hydrogen (secondary N) is 1. The summed E-state index contributed by atoms with van der Waals surface area (Å²) >= 11 is 0. The summed E-state index contributed by atoms with van der Waals surface area (Å²) < 4.78 is 31.1. The number of carbonyl (C=O) groups excluding carboxylic acids is 1. The van der Waals surface area contributed by atoms with Gasteiger partial charge < -0.3 is 9.32 Å². The van der Waals surface area contributed by atoms with Gasteiger partial charge in [0.25, 0.3) is 15.9 Å². The summed E-state index contributed by atoms with van der Waals surface area (Å²) in [5.41, 5.74) is 0. The fourth-order valence-electron chi connectivity index (χ4n) is 1.28. The van der Waals surface area contributed by atoms with E-state index in [1.54, 1.807) is 14.1 Å². The van der Waals surface area contributed by atoms with Crippen LogP contribution in [0.15, 0.2) is 21.6 Å².